The van der Waals surface area contributed by atoms with E-state index in [1.165, 1.54) is 22.7 Å². The molecule has 1 unspecified atom stereocenters. The number of aryl methyl sites for hydroxylation is 1. The van der Waals surface area contributed by atoms with E-state index in [1.807, 2.05) is 18.5 Å². The molecule has 2 N–H and O–H groups in total. The number of nitrogens with zero attached hydrogens (tertiary/aromatic N) is 5. The van der Waals surface area contributed by atoms with Gasteiger partial charge in [-0.2, -0.15) is 0 Å². The molecule has 0 aromatic carbocycles. The summed E-state index contributed by atoms with van der Waals surface area (Å²) in [6, 6.07) is 1.96. The highest BCUT2D eigenvalue weighted by atomic mass is 32.2. The first-order chi connectivity index (χ1) is 13.1. The van der Waals surface area contributed by atoms with Gasteiger partial charge < -0.3 is 10.3 Å². The molecule has 0 fully saturated rings. The Hall–Kier alpha value is -2.01. The van der Waals surface area contributed by atoms with Crippen LogP contribution in [0.4, 0.5) is 5.69 Å². The minimum Gasteiger partial charge on any atom is -0.611 e. The minimum atomic E-state index is -1.13. The van der Waals surface area contributed by atoms with E-state index in [0.29, 0.717) is 15.6 Å². The third-order valence-electron chi connectivity index (χ3n) is 4.20. The van der Waals surface area contributed by atoms with Crippen molar-refractivity contribution in [2.24, 2.45) is 7.05 Å². The van der Waals surface area contributed by atoms with Crippen LogP contribution in [0.5, 0.6) is 0 Å². The smallest absolute Gasteiger partial charge is 0.232 e. The number of nitrogens with two attached hydrogens (primary N) is 1. The van der Waals surface area contributed by atoms with E-state index in [2.05, 4.69) is 22.2 Å². The van der Waals surface area contributed by atoms with Crippen molar-refractivity contribution in [2.75, 3.05) is 11.5 Å². The Balaban J connectivity index is 1.95. The average Bonchev–Trinajstić information content (AvgIpc) is 3.39. The van der Waals surface area contributed by atoms with Crippen LogP contribution in [0.1, 0.15) is 19.8 Å². The van der Waals surface area contributed by atoms with Gasteiger partial charge in [-0.15, -0.1) is 16.4 Å². The molecule has 7 nitrogen and oxygen atoms in total. The van der Waals surface area contributed by atoms with Crippen LogP contribution in [0.3, 0.4) is 0 Å². The van der Waals surface area contributed by atoms with E-state index in [0.717, 1.165) is 45.0 Å². The molecule has 0 bridgehead atoms. The third-order valence-corrected chi connectivity index (χ3v) is 7.99. The zero-order chi connectivity index (χ0) is 19.0. The molecular weight excluding hydrogens is 400 g/mol. The van der Waals surface area contributed by atoms with Crippen molar-refractivity contribution in [3.8, 4) is 22.0 Å². The second kappa shape index (κ2) is 7.55. The van der Waals surface area contributed by atoms with E-state index in [4.69, 9.17) is 10.7 Å². The lowest BCUT2D eigenvalue weighted by Gasteiger charge is -2.08. The first-order valence-corrected chi connectivity index (χ1v) is 11.5. The summed E-state index contributed by atoms with van der Waals surface area (Å²) in [7, 11) is 1.83. The summed E-state index contributed by atoms with van der Waals surface area (Å²) in [6.45, 7) is 2.08. The van der Waals surface area contributed by atoms with E-state index < -0.39 is 11.2 Å². The SMILES string of the molecule is CCCC[S+]([O-])c1sc2nc(-c3nccs3)cc(-c3cnnn3C)c2c1N. The first-order valence-electron chi connectivity index (χ1n) is 8.46. The van der Waals surface area contributed by atoms with Crippen LogP contribution < -0.4 is 5.73 Å². The van der Waals surface area contributed by atoms with Crippen molar-refractivity contribution >= 4 is 49.8 Å². The summed E-state index contributed by atoms with van der Waals surface area (Å²) < 4.78 is 15.1. The maximum atomic E-state index is 12.7. The molecule has 0 saturated carbocycles. The molecule has 0 aliphatic heterocycles. The van der Waals surface area contributed by atoms with Gasteiger partial charge in [0, 0.05) is 29.6 Å². The summed E-state index contributed by atoms with van der Waals surface area (Å²) in [5, 5.41) is 11.6. The van der Waals surface area contributed by atoms with Crippen molar-refractivity contribution in [2.45, 2.75) is 24.0 Å². The maximum absolute atomic E-state index is 12.7. The number of nitrogen functional groups attached to an aromatic ring is 1. The second-order valence-corrected chi connectivity index (χ2v) is 9.68. The van der Waals surface area contributed by atoms with Gasteiger partial charge >= 0.3 is 0 Å². The normalized spacial score (nSPS) is 12.7. The monoisotopic (exact) mass is 418 g/mol. The van der Waals surface area contributed by atoms with Gasteiger partial charge in [0.25, 0.3) is 0 Å². The zero-order valence-electron chi connectivity index (χ0n) is 14.9. The Morgan fingerprint density at radius 3 is 2.89 bits per heavy atom. The standard InChI is InChI=1S/C17H18N6OS3/c1-3-4-7-27(24)17-14(18)13-10(12-9-20-22-23(12)2)8-11(21-16(13)26-17)15-19-5-6-25-15/h5-6,8-9H,3-4,7,18H2,1-2H3. The van der Waals surface area contributed by atoms with Gasteiger partial charge in [-0.3, -0.25) is 0 Å². The minimum absolute atomic E-state index is 0.541. The summed E-state index contributed by atoms with van der Waals surface area (Å²) in [5.41, 5.74) is 9.47. The van der Waals surface area contributed by atoms with Gasteiger partial charge in [-0.25, -0.2) is 14.6 Å². The number of hydrogen-bond donors (Lipinski definition) is 1. The molecule has 4 rings (SSSR count). The van der Waals surface area contributed by atoms with Gasteiger partial charge in [0.15, 0.2) is 0 Å². The highest BCUT2D eigenvalue weighted by molar-refractivity contribution is 7.93. The van der Waals surface area contributed by atoms with Crippen molar-refractivity contribution in [1.29, 1.82) is 0 Å². The highest BCUT2D eigenvalue weighted by Gasteiger charge is 2.25. The lowest BCUT2D eigenvalue weighted by Crippen LogP contribution is -2.07. The van der Waals surface area contributed by atoms with Gasteiger partial charge in [-0.1, -0.05) is 29.9 Å². The lowest BCUT2D eigenvalue weighted by molar-refractivity contribution is 0.594. The van der Waals surface area contributed by atoms with Crippen LogP contribution in [0.15, 0.2) is 28.0 Å². The highest BCUT2D eigenvalue weighted by Crippen LogP contribution is 2.43. The number of thiophene rings is 1. The average molecular weight is 419 g/mol. The van der Waals surface area contributed by atoms with E-state index in [1.54, 1.807) is 17.1 Å². The number of rotatable bonds is 6. The fourth-order valence-corrected chi connectivity index (χ4v) is 6.23. The van der Waals surface area contributed by atoms with E-state index in [9.17, 15) is 4.55 Å². The number of unbranched alkanes of at least 4 members (excludes halogenated alkanes) is 1. The van der Waals surface area contributed by atoms with Crippen LogP contribution >= 0.6 is 22.7 Å². The number of fused-ring (bicyclic) bond motifs is 1. The topological polar surface area (TPSA) is 106 Å². The summed E-state index contributed by atoms with van der Waals surface area (Å²) in [6.07, 6.45) is 5.35. The molecule has 0 aliphatic rings. The predicted octanol–water partition coefficient (Wildman–Crippen LogP) is 3.71. The van der Waals surface area contributed by atoms with Crippen LogP contribution in [0.2, 0.25) is 0 Å². The second-order valence-electron chi connectivity index (χ2n) is 6.02. The molecule has 140 valence electrons. The molecule has 0 amide bonds. The molecule has 4 aromatic rings. The Bertz CT molecular complexity index is 1070. The molecule has 0 spiro atoms. The maximum Gasteiger partial charge on any atom is 0.232 e. The number of aromatic nitrogens is 5. The third kappa shape index (κ3) is 3.33. The van der Waals surface area contributed by atoms with Crippen LogP contribution in [0.25, 0.3) is 32.2 Å². The molecule has 10 heteroatoms. The first kappa shape index (κ1) is 18.4. The van der Waals surface area contributed by atoms with Gasteiger partial charge in [0.2, 0.25) is 4.21 Å². The van der Waals surface area contributed by atoms with Crippen molar-refractivity contribution in [1.82, 2.24) is 25.0 Å². The summed E-state index contributed by atoms with van der Waals surface area (Å²) in [4.78, 5) is 9.90. The van der Waals surface area contributed by atoms with Crippen LogP contribution in [-0.4, -0.2) is 35.3 Å². The molecule has 0 saturated heterocycles. The molecule has 4 aromatic heterocycles. The number of anilines is 1. The molecule has 27 heavy (non-hydrogen) atoms. The van der Waals surface area contributed by atoms with Crippen molar-refractivity contribution in [3.05, 3.63) is 23.8 Å². The Morgan fingerprint density at radius 1 is 1.37 bits per heavy atom. The van der Waals surface area contributed by atoms with Crippen molar-refractivity contribution in [3.63, 3.8) is 0 Å². The Kier molecular flexibility index (Phi) is 5.13. The van der Waals surface area contributed by atoms with Gasteiger partial charge in [0.05, 0.1) is 11.9 Å². The van der Waals surface area contributed by atoms with Crippen molar-refractivity contribution < 1.29 is 4.55 Å². The number of thiazole rings is 1. The molecule has 0 aliphatic carbocycles. The number of hydrogen-bond acceptors (Lipinski definition) is 8. The fourth-order valence-electron chi connectivity index (χ4n) is 2.83. The molecule has 1 atom stereocenters. The predicted molar refractivity (Wildman–Crippen MR) is 111 cm³/mol. The van der Waals surface area contributed by atoms with Gasteiger partial charge in [-0.05, 0) is 23.7 Å². The molecule has 4 heterocycles. The molecule has 0 radical (unpaired) electrons. The van der Waals surface area contributed by atoms with Crippen LogP contribution in [-0.2, 0) is 18.2 Å². The Labute approximate surface area is 167 Å². The zero-order valence-corrected chi connectivity index (χ0v) is 17.3. The molecular formula is C17H18N6OS3. The van der Waals surface area contributed by atoms with E-state index in [-0.39, 0.29) is 0 Å². The largest absolute Gasteiger partial charge is 0.611 e. The van der Waals surface area contributed by atoms with Crippen LogP contribution in [0, 0.1) is 0 Å². The van der Waals surface area contributed by atoms with E-state index >= 15 is 0 Å². The number of pyridine rings is 1. The lowest BCUT2D eigenvalue weighted by atomic mass is 10.1. The summed E-state index contributed by atoms with van der Waals surface area (Å²) >= 11 is 1.80. The fraction of sp³-hybridized carbons (Fsp3) is 0.294. The quantitative estimate of drug-likeness (QED) is 0.479. The Morgan fingerprint density at radius 2 is 2.22 bits per heavy atom. The summed E-state index contributed by atoms with van der Waals surface area (Å²) in [5.74, 6) is 0.607. The van der Waals surface area contributed by atoms with Gasteiger partial charge in [0.1, 0.15) is 27.0 Å².